The second-order valence-corrected chi connectivity index (χ2v) is 9.32. The Labute approximate surface area is 196 Å². The van der Waals surface area contributed by atoms with Gasteiger partial charge in [0.2, 0.25) is 5.91 Å². The molecule has 6 heteroatoms. The highest BCUT2D eigenvalue weighted by atomic mass is 16.5. The van der Waals surface area contributed by atoms with Crippen LogP contribution >= 0.6 is 0 Å². The van der Waals surface area contributed by atoms with Crippen molar-refractivity contribution < 1.29 is 9.53 Å². The first kappa shape index (κ1) is 23.3. The lowest BCUT2D eigenvalue weighted by Gasteiger charge is -2.35. The zero-order chi connectivity index (χ0) is 23.2. The van der Waals surface area contributed by atoms with E-state index in [0.29, 0.717) is 0 Å². The lowest BCUT2D eigenvalue weighted by atomic mass is 9.88. The van der Waals surface area contributed by atoms with Crippen molar-refractivity contribution in [2.24, 2.45) is 5.92 Å². The fraction of sp³-hybridized carbons (Fsp3) is 0.481. The molecular formula is C27H36N4O2. The highest BCUT2D eigenvalue weighted by Crippen LogP contribution is 2.28. The maximum absolute atomic E-state index is 13.5. The number of nitrogens with one attached hydrogen (secondary N) is 1. The molecule has 176 valence electrons. The number of likely N-dealkylation sites (N-methyl/N-ethyl adjacent to an activating group) is 1. The predicted octanol–water partition coefficient (Wildman–Crippen LogP) is 5.05. The van der Waals surface area contributed by atoms with E-state index < -0.39 is 0 Å². The number of methoxy groups -OCH3 is 1. The van der Waals surface area contributed by atoms with Gasteiger partial charge in [0.05, 0.1) is 7.11 Å². The third-order valence-electron chi connectivity index (χ3n) is 6.84. The van der Waals surface area contributed by atoms with E-state index in [1.807, 2.05) is 29.2 Å². The Bertz CT molecular complexity index is 1040. The molecule has 1 saturated carbocycles. The van der Waals surface area contributed by atoms with Gasteiger partial charge in [-0.25, -0.2) is 4.98 Å². The minimum Gasteiger partial charge on any atom is -0.497 e. The number of hydrogen-bond acceptors (Lipinski definition) is 4. The van der Waals surface area contributed by atoms with Crippen molar-refractivity contribution in [1.82, 2.24) is 14.9 Å². The molecule has 1 unspecified atom stereocenters. The molecule has 6 nitrogen and oxygen atoms in total. The van der Waals surface area contributed by atoms with Crippen LogP contribution in [0.4, 0.5) is 5.82 Å². The first-order chi connectivity index (χ1) is 16.1. The maximum atomic E-state index is 13.5. The molecule has 0 spiro atoms. The van der Waals surface area contributed by atoms with Crippen LogP contribution in [0.5, 0.6) is 5.75 Å². The van der Waals surface area contributed by atoms with Gasteiger partial charge in [-0.3, -0.25) is 9.69 Å². The maximum Gasteiger partial charge on any atom is 0.231 e. The van der Waals surface area contributed by atoms with Gasteiger partial charge in [-0.15, -0.1) is 0 Å². The molecule has 1 N–H and O–H groups in total. The summed E-state index contributed by atoms with van der Waals surface area (Å²) in [6.07, 6.45) is 10.3. The SMILES string of the molecule is COc1ccc2[nH]cc(CCN(C)CC(C)N(C(=O)C3CCCCC3)c3ccccn3)c2c1. The van der Waals surface area contributed by atoms with Gasteiger partial charge in [0, 0.05) is 48.3 Å². The van der Waals surface area contributed by atoms with Gasteiger partial charge < -0.3 is 14.6 Å². The number of pyridine rings is 1. The van der Waals surface area contributed by atoms with Gasteiger partial charge in [0.15, 0.2) is 0 Å². The van der Waals surface area contributed by atoms with Crippen molar-refractivity contribution in [2.75, 3.05) is 32.1 Å². The van der Waals surface area contributed by atoms with Crippen LogP contribution in [0.15, 0.2) is 48.8 Å². The minimum absolute atomic E-state index is 0.0439. The van der Waals surface area contributed by atoms with E-state index in [1.54, 1.807) is 13.3 Å². The quantitative estimate of drug-likeness (QED) is 0.498. The monoisotopic (exact) mass is 448 g/mol. The molecule has 3 aromatic rings. The summed E-state index contributed by atoms with van der Waals surface area (Å²) in [6, 6.07) is 12.0. The Morgan fingerprint density at radius 1 is 1.21 bits per heavy atom. The molecule has 2 aromatic heterocycles. The number of carbonyl (C=O) groups is 1. The van der Waals surface area contributed by atoms with Crippen LogP contribution in [-0.2, 0) is 11.2 Å². The van der Waals surface area contributed by atoms with Crippen LogP contribution in [0.25, 0.3) is 10.9 Å². The van der Waals surface area contributed by atoms with Crippen molar-refractivity contribution in [3.8, 4) is 5.75 Å². The fourth-order valence-electron chi connectivity index (χ4n) is 5.03. The van der Waals surface area contributed by atoms with E-state index >= 15 is 0 Å². The van der Waals surface area contributed by atoms with Crippen molar-refractivity contribution in [3.05, 3.63) is 54.4 Å². The molecule has 33 heavy (non-hydrogen) atoms. The van der Waals surface area contributed by atoms with E-state index in [1.165, 1.54) is 17.4 Å². The molecule has 1 aliphatic carbocycles. The van der Waals surface area contributed by atoms with Gasteiger partial charge >= 0.3 is 0 Å². The topological polar surface area (TPSA) is 61.5 Å². The van der Waals surface area contributed by atoms with Gasteiger partial charge in [-0.2, -0.15) is 0 Å². The third-order valence-corrected chi connectivity index (χ3v) is 6.84. The third kappa shape index (κ3) is 5.56. The predicted molar refractivity (Wildman–Crippen MR) is 134 cm³/mol. The first-order valence-electron chi connectivity index (χ1n) is 12.1. The summed E-state index contributed by atoms with van der Waals surface area (Å²) in [5.41, 5.74) is 2.41. The highest BCUT2D eigenvalue weighted by molar-refractivity contribution is 5.94. The Hall–Kier alpha value is -2.86. The summed E-state index contributed by atoms with van der Waals surface area (Å²) in [7, 11) is 3.83. The molecule has 1 aromatic carbocycles. The molecule has 1 amide bonds. The van der Waals surface area contributed by atoms with Crippen molar-refractivity contribution in [1.29, 1.82) is 0 Å². The molecule has 1 atom stereocenters. The highest BCUT2D eigenvalue weighted by Gasteiger charge is 2.31. The minimum atomic E-state index is 0.0439. The van der Waals surface area contributed by atoms with Crippen molar-refractivity contribution in [3.63, 3.8) is 0 Å². The summed E-state index contributed by atoms with van der Waals surface area (Å²) < 4.78 is 5.40. The lowest BCUT2D eigenvalue weighted by Crippen LogP contribution is -2.48. The van der Waals surface area contributed by atoms with Crippen molar-refractivity contribution in [2.45, 2.75) is 51.5 Å². The average Bonchev–Trinajstić information content (AvgIpc) is 3.26. The number of ether oxygens (including phenoxy) is 1. The second-order valence-electron chi connectivity index (χ2n) is 9.32. The molecule has 4 rings (SSSR count). The van der Waals surface area contributed by atoms with Gasteiger partial charge in [0.25, 0.3) is 0 Å². The van der Waals surface area contributed by atoms with Gasteiger partial charge in [-0.1, -0.05) is 25.3 Å². The summed E-state index contributed by atoms with van der Waals surface area (Å²) in [4.78, 5) is 25.7. The first-order valence-corrected chi connectivity index (χ1v) is 12.1. The van der Waals surface area contributed by atoms with Crippen molar-refractivity contribution >= 4 is 22.6 Å². The van der Waals surface area contributed by atoms with Crippen LogP contribution in [0, 0.1) is 5.92 Å². The molecular weight excluding hydrogens is 412 g/mol. The molecule has 0 saturated heterocycles. The number of anilines is 1. The standard InChI is InChI=1S/C27H36N4O2/c1-20(31(26-11-7-8-15-28-26)27(32)21-9-5-4-6-10-21)19-30(2)16-14-22-18-29-25-13-12-23(33-3)17-24(22)25/h7-8,11-13,15,17-18,20-21,29H,4-6,9-10,14,16,19H2,1-3H3. The molecule has 1 fully saturated rings. The average molecular weight is 449 g/mol. The van der Waals surface area contributed by atoms with Crippen LogP contribution in [0.2, 0.25) is 0 Å². The number of fused-ring (bicyclic) bond motifs is 1. The molecule has 0 aliphatic heterocycles. The number of nitrogens with zero attached hydrogens (tertiary/aromatic N) is 3. The number of carbonyl (C=O) groups excluding carboxylic acids is 1. The summed E-state index contributed by atoms with van der Waals surface area (Å²) in [6.45, 7) is 3.84. The molecule has 1 aliphatic rings. The summed E-state index contributed by atoms with van der Waals surface area (Å²) in [5, 5.41) is 1.21. The molecule has 2 heterocycles. The molecule has 0 radical (unpaired) electrons. The number of aromatic nitrogens is 2. The normalized spacial score (nSPS) is 15.6. The van der Waals surface area contributed by atoms with E-state index in [-0.39, 0.29) is 17.9 Å². The number of benzene rings is 1. The van der Waals surface area contributed by atoms with Crippen LogP contribution in [-0.4, -0.2) is 54.1 Å². The van der Waals surface area contributed by atoms with E-state index in [4.69, 9.17) is 4.74 Å². The second kappa shape index (κ2) is 10.8. The summed E-state index contributed by atoms with van der Waals surface area (Å²) >= 11 is 0. The Morgan fingerprint density at radius 3 is 2.76 bits per heavy atom. The number of rotatable bonds is 9. The Morgan fingerprint density at radius 2 is 2.03 bits per heavy atom. The fourth-order valence-corrected chi connectivity index (χ4v) is 5.03. The van der Waals surface area contributed by atoms with E-state index in [0.717, 1.165) is 62.3 Å². The van der Waals surface area contributed by atoms with Crippen LogP contribution in [0.3, 0.4) is 0 Å². The number of aromatic amines is 1. The Balaban J connectivity index is 1.43. The molecule has 0 bridgehead atoms. The number of hydrogen-bond donors (Lipinski definition) is 1. The smallest absolute Gasteiger partial charge is 0.231 e. The van der Waals surface area contributed by atoms with E-state index in [2.05, 4.69) is 47.2 Å². The van der Waals surface area contributed by atoms with E-state index in [9.17, 15) is 4.79 Å². The summed E-state index contributed by atoms with van der Waals surface area (Å²) in [5.74, 6) is 1.99. The van der Waals surface area contributed by atoms with Gasteiger partial charge in [0.1, 0.15) is 11.6 Å². The zero-order valence-corrected chi connectivity index (χ0v) is 20.1. The van der Waals surface area contributed by atoms with Crippen LogP contribution in [0.1, 0.15) is 44.6 Å². The Kier molecular flexibility index (Phi) is 7.65. The number of H-pyrrole nitrogens is 1. The number of amides is 1. The van der Waals surface area contributed by atoms with Crippen LogP contribution < -0.4 is 9.64 Å². The lowest BCUT2D eigenvalue weighted by molar-refractivity contribution is -0.123. The van der Waals surface area contributed by atoms with Gasteiger partial charge in [-0.05, 0) is 69.1 Å². The zero-order valence-electron chi connectivity index (χ0n) is 20.1. The largest absolute Gasteiger partial charge is 0.497 e.